The summed E-state index contributed by atoms with van der Waals surface area (Å²) in [4.78, 5) is 2.15. The molecule has 0 spiro atoms. The Morgan fingerprint density at radius 1 is 0.404 bits per heavy atom. The summed E-state index contributed by atoms with van der Waals surface area (Å²) in [6.07, 6.45) is 7.41. The van der Waals surface area contributed by atoms with E-state index in [9.17, 15) is 21.0 Å². The highest BCUT2D eigenvalue weighted by Gasteiger charge is 2.13. The Bertz CT molecular complexity index is 1960. The molecule has 5 nitrogen and oxygen atoms in total. The fourth-order valence-corrected chi connectivity index (χ4v) is 5.03. The fourth-order valence-electron chi connectivity index (χ4n) is 5.03. The first-order chi connectivity index (χ1) is 23.1. The first-order valence-electron chi connectivity index (χ1n) is 14.8. The van der Waals surface area contributed by atoms with Gasteiger partial charge in [0.2, 0.25) is 0 Å². The van der Waals surface area contributed by atoms with E-state index in [0.29, 0.717) is 11.1 Å². The van der Waals surface area contributed by atoms with Crippen LogP contribution in [0.25, 0.3) is 23.3 Å². The average Bonchev–Trinajstić information content (AvgIpc) is 3.14. The normalized spacial score (nSPS) is 10.3. The smallest absolute Gasteiger partial charge is 0.137 e. The lowest BCUT2D eigenvalue weighted by Crippen LogP contribution is -2.09. The second-order valence-corrected chi connectivity index (χ2v) is 10.3. The van der Waals surface area contributed by atoms with Crippen molar-refractivity contribution < 1.29 is 0 Å². The van der Waals surface area contributed by atoms with Crippen molar-refractivity contribution in [2.75, 3.05) is 4.90 Å². The molecule has 0 N–H and O–H groups in total. The molecule has 0 atom stereocenters. The van der Waals surface area contributed by atoms with Gasteiger partial charge in [0.25, 0.3) is 0 Å². The monoisotopic (exact) mass is 601 g/mol. The van der Waals surface area contributed by atoms with Crippen molar-refractivity contribution in [2.45, 2.75) is 0 Å². The highest BCUT2D eigenvalue weighted by Crippen LogP contribution is 2.35. The Balaban J connectivity index is 1.44. The quantitative estimate of drug-likeness (QED) is 0.124. The van der Waals surface area contributed by atoms with E-state index in [-0.39, 0.29) is 11.1 Å². The summed E-state index contributed by atoms with van der Waals surface area (Å²) < 4.78 is 0. The molecule has 0 aliphatic rings. The minimum atomic E-state index is 0.0560. The van der Waals surface area contributed by atoms with Gasteiger partial charge in [0, 0.05) is 28.2 Å². The van der Waals surface area contributed by atoms with E-state index in [0.717, 1.165) is 39.3 Å². The second kappa shape index (κ2) is 15.5. The molecule has 47 heavy (non-hydrogen) atoms. The van der Waals surface area contributed by atoms with Crippen molar-refractivity contribution in [3.63, 3.8) is 0 Å². The van der Waals surface area contributed by atoms with Gasteiger partial charge in [-0.1, -0.05) is 127 Å². The van der Waals surface area contributed by atoms with Gasteiger partial charge < -0.3 is 4.90 Å². The lowest BCUT2D eigenvalue weighted by molar-refractivity contribution is 1.28. The fraction of sp³-hybridized carbons (Fsp3) is 0. The van der Waals surface area contributed by atoms with Gasteiger partial charge in [-0.2, -0.15) is 21.0 Å². The number of hydrogen-bond acceptors (Lipinski definition) is 5. The van der Waals surface area contributed by atoms with Crippen molar-refractivity contribution in [3.05, 3.63) is 185 Å². The third-order valence-electron chi connectivity index (χ3n) is 7.36. The SMILES string of the molecule is N#CC(C#N)=C(/C=C/c1ccc(N(c2ccccc2)c2ccc(/C=C/C(=C(C#N)C#N)c3ccccc3)cc2)cc1)c1ccccc1. The van der Waals surface area contributed by atoms with Gasteiger partial charge in [-0.05, 0) is 58.7 Å². The van der Waals surface area contributed by atoms with Crippen LogP contribution in [0.3, 0.4) is 0 Å². The summed E-state index contributed by atoms with van der Waals surface area (Å²) >= 11 is 0. The van der Waals surface area contributed by atoms with Crippen LogP contribution in [-0.2, 0) is 0 Å². The molecule has 220 valence electrons. The molecule has 0 radical (unpaired) electrons. The number of nitriles is 4. The summed E-state index contributed by atoms with van der Waals surface area (Å²) in [5.41, 5.74) is 7.59. The minimum absolute atomic E-state index is 0.0560. The van der Waals surface area contributed by atoms with Crippen molar-refractivity contribution in [1.29, 1.82) is 21.0 Å². The van der Waals surface area contributed by atoms with Crippen LogP contribution in [0, 0.1) is 45.3 Å². The van der Waals surface area contributed by atoms with E-state index in [1.165, 1.54) is 0 Å². The van der Waals surface area contributed by atoms with Crippen molar-refractivity contribution in [2.24, 2.45) is 0 Å². The number of anilines is 3. The van der Waals surface area contributed by atoms with Gasteiger partial charge >= 0.3 is 0 Å². The lowest BCUT2D eigenvalue weighted by atomic mass is 9.99. The number of hydrogen-bond donors (Lipinski definition) is 0. The second-order valence-electron chi connectivity index (χ2n) is 10.3. The zero-order valence-electron chi connectivity index (χ0n) is 25.3. The molecule has 0 saturated carbocycles. The summed E-state index contributed by atoms with van der Waals surface area (Å²) in [6.45, 7) is 0. The van der Waals surface area contributed by atoms with E-state index < -0.39 is 0 Å². The summed E-state index contributed by atoms with van der Waals surface area (Å²) in [5, 5.41) is 38.1. The van der Waals surface area contributed by atoms with Gasteiger partial charge in [-0.15, -0.1) is 0 Å². The van der Waals surface area contributed by atoms with Crippen LogP contribution in [0.1, 0.15) is 22.3 Å². The van der Waals surface area contributed by atoms with Gasteiger partial charge in [0.1, 0.15) is 35.4 Å². The molecular formula is C42H27N5. The van der Waals surface area contributed by atoms with Gasteiger partial charge in [-0.3, -0.25) is 0 Å². The first-order valence-corrected chi connectivity index (χ1v) is 14.8. The van der Waals surface area contributed by atoms with Crippen LogP contribution in [0.5, 0.6) is 0 Å². The highest BCUT2D eigenvalue weighted by atomic mass is 15.1. The summed E-state index contributed by atoms with van der Waals surface area (Å²) in [6, 6.07) is 53.1. The van der Waals surface area contributed by atoms with Crippen LogP contribution in [0.2, 0.25) is 0 Å². The molecule has 0 bridgehead atoms. The minimum Gasteiger partial charge on any atom is -0.311 e. The molecule has 0 unspecified atom stereocenters. The summed E-state index contributed by atoms with van der Waals surface area (Å²) in [5.74, 6) is 0. The van der Waals surface area contributed by atoms with E-state index in [1.54, 1.807) is 0 Å². The van der Waals surface area contributed by atoms with Crippen molar-refractivity contribution in [1.82, 2.24) is 0 Å². The maximum absolute atomic E-state index is 9.53. The zero-order chi connectivity index (χ0) is 32.8. The number of allylic oxidation sites excluding steroid dienone is 6. The van der Waals surface area contributed by atoms with E-state index in [1.807, 2.05) is 188 Å². The van der Waals surface area contributed by atoms with Crippen LogP contribution in [-0.4, -0.2) is 0 Å². The highest BCUT2D eigenvalue weighted by molar-refractivity contribution is 5.87. The molecule has 0 amide bonds. The third-order valence-corrected chi connectivity index (χ3v) is 7.36. The lowest BCUT2D eigenvalue weighted by Gasteiger charge is -2.25. The van der Waals surface area contributed by atoms with Crippen LogP contribution in [0.4, 0.5) is 17.1 Å². The Kier molecular flexibility index (Phi) is 10.3. The zero-order valence-corrected chi connectivity index (χ0v) is 25.3. The molecule has 5 aromatic rings. The predicted molar refractivity (Wildman–Crippen MR) is 188 cm³/mol. The number of nitrogens with zero attached hydrogens (tertiary/aromatic N) is 5. The van der Waals surface area contributed by atoms with E-state index in [4.69, 9.17) is 0 Å². The molecule has 0 aromatic heterocycles. The molecular weight excluding hydrogens is 574 g/mol. The number of benzene rings is 5. The number of rotatable bonds is 9. The topological polar surface area (TPSA) is 98.4 Å². The van der Waals surface area contributed by atoms with E-state index >= 15 is 0 Å². The molecule has 0 saturated heterocycles. The Morgan fingerprint density at radius 3 is 1.06 bits per heavy atom. The summed E-state index contributed by atoms with van der Waals surface area (Å²) in [7, 11) is 0. The van der Waals surface area contributed by atoms with Crippen molar-refractivity contribution in [3.8, 4) is 24.3 Å². The van der Waals surface area contributed by atoms with Crippen LogP contribution >= 0.6 is 0 Å². The van der Waals surface area contributed by atoms with Gasteiger partial charge in [0.05, 0.1) is 0 Å². The molecule has 0 aliphatic carbocycles. The molecule has 5 heteroatoms. The van der Waals surface area contributed by atoms with Gasteiger partial charge in [-0.25, -0.2) is 0 Å². The molecule has 0 fully saturated rings. The predicted octanol–water partition coefficient (Wildman–Crippen LogP) is 10.2. The van der Waals surface area contributed by atoms with Crippen LogP contribution in [0.15, 0.2) is 163 Å². The standard InChI is InChI=1S/C42H27N5/c43-28-36(29-44)41(34-10-4-1-5-11-34)26-20-32-16-22-39(23-17-32)47(38-14-8-3-9-15-38)40-24-18-33(19-25-40)21-27-42(37(30-45)31-46)35-12-6-2-7-13-35/h1-27H/b26-20+,27-21+. The average molecular weight is 602 g/mol. The van der Waals surface area contributed by atoms with Crippen molar-refractivity contribution >= 4 is 40.4 Å². The molecule has 5 aromatic carbocycles. The Morgan fingerprint density at radius 2 is 0.723 bits per heavy atom. The van der Waals surface area contributed by atoms with E-state index in [2.05, 4.69) is 4.90 Å². The molecule has 5 rings (SSSR count). The Labute approximate surface area is 275 Å². The van der Waals surface area contributed by atoms with Gasteiger partial charge in [0.15, 0.2) is 0 Å². The third kappa shape index (κ3) is 7.67. The Hall–Kier alpha value is -7.18. The maximum Gasteiger partial charge on any atom is 0.137 e. The largest absolute Gasteiger partial charge is 0.311 e. The molecule has 0 aliphatic heterocycles. The molecule has 0 heterocycles. The number of para-hydroxylation sites is 1. The maximum atomic E-state index is 9.53. The first kappa shape index (κ1) is 31.3. The van der Waals surface area contributed by atoms with Crippen LogP contribution < -0.4 is 4.90 Å².